The number of rotatable bonds is 19. The van der Waals surface area contributed by atoms with Gasteiger partial charge in [-0.2, -0.15) is 20.4 Å². The predicted molar refractivity (Wildman–Crippen MR) is 585 cm³/mol. The van der Waals surface area contributed by atoms with Gasteiger partial charge in [-0.25, -0.2) is 46.8 Å². The number of nitriles is 3. The molecule has 8 aromatic rings. The van der Waals surface area contributed by atoms with E-state index in [4.69, 9.17) is 105 Å². The van der Waals surface area contributed by atoms with E-state index in [0.29, 0.717) is 86.2 Å². The maximum atomic E-state index is 12.9. The topological polar surface area (TPSA) is 413 Å². The van der Waals surface area contributed by atoms with Crippen LogP contribution in [-0.2, 0) is 114 Å². The van der Waals surface area contributed by atoms with Gasteiger partial charge in [-0.1, -0.05) is 99.7 Å². The Kier molecular flexibility index (Phi) is 38.1. The summed E-state index contributed by atoms with van der Waals surface area (Å²) in [6, 6.07) is 29.1. The van der Waals surface area contributed by atoms with Gasteiger partial charge in [0.2, 0.25) is 5.55 Å². The molecule has 6 atom stereocenters. The van der Waals surface area contributed by atoms with Crippen LogP contribution in [0.25, 0.3) is 27.6 Å². The summed E-state index contributed by atoms with van der Waals surface area (Å²) in [4.78, 5) is 16.5. The van der Waals surface area contributed by atoms with Gasteiger partial charge in [-0.15, -0.1) is 57.8 Å². The van der Waals surface area contributed by atoms with Crippen LogP contribution in [0.2, 0.25) is 25.1 Å². The van der Waals surface area contributed by atoms with Crippen molar-refractivity contribution in [3.63, 3.8) is 0 Å². The van der Waals surface area contributed by atoms with E-state index in [-0.39, 0.29) is 74.6 Å². The van der Waals surface area contributed by atoms with Crippen molar-refractivity contribution in [3.8, 4) is 40.3 Å². The number of fused-ring (bicyclic) bond motifs is 2. The molecule has 0 unspecified atom stereocenters. The SMILES string of the molecule is C/[N+](=C\[S@](=O)C(C)(C)C)c1sc(Br)cc1Cl.CC(C)(C)[S@@](=O)N[C@@](C)(CCC1(C#N)CC1)c1sc(Br)cc1Cl.COc1cccc2c1CC(B1OC(C)(C)C(C)(C)O1)=C2.COc1cccc2cc(-c3cc(Cl)c([C@]4(C)CS(=O)(=O)C5(CC5)C(N)=N4)s3)[nH]c12.CS(=O)(=O)C1(C#N)CC1.C[C@@]1(c2sc(Br)cc2Cl)CS(=O)(=O)C2(CC2)C(N)=N1.C[C@](N)(CS(=O)(=O)C1(C#N)CC1)c1sc(Br)cc1Cl.Cl.[Cl][Cu]. The standard InChI is InChI=1S/C20H20ClN3O3S2.C16H21BO3.C16H22BrClN2OS2.2C11H12BrClN2O2S2.C10H14BrClNOS2.C5H7NO2S.2ClH.Cu/c1-19(10-29(25,26)20(6-7-20)18(22)24-19)17-12(21)9-15(28-17)13-8-11-4-3-5-14(27-2)16(11)23-13;1-15(2)16(3,4)20-17(19-15)12-9-11-7-6-8-14(18-5)13(11)10-12;1-14(2,3)23(21)20-15(4,5-6-16(10-19)7-8-16)13-11(18)9-12(17)22-13;1-10(8-6(13)4-7(12)18-8)5-19(16,17)11(2-3-11)9(14)15-10;1-10(15,9-7(13)4-8(12)18-9)6-19(16,17)11(5-14)2-3-11;1-10(2,3)16(14)6-13(4)9-7(12)5-8(11)15-9;1-9(7,8)5(4-6)2-3-5;;;/h3-5,8-9,23H,6-7,10H2,1-2H3,(H2,22,24);6-9H,10H2,1-5H3;9,20H,5-8H2,1-4H3;4H,2-3,5H2,1H3,(H2,14,15);4H,2-3,6,15H2,1H3;5-6H,1-4H3;2-3H2,1H3;2*1H;/q;;;;;+1;;;;+1/p-1/b;;;;;13-6+;;;;/t19-;;15-,23+;2*10-;16-;;;;/m0.0000..../s1. The van der Waals surface area contributed by atoms with Gasteiger partial charge in [-0.3, -0.25) is 9.98 Å². The van der Waals surface area contributed by atoms with Gasteiger partial charge in [0.25, 0.3) is 5.00 Å². The third kappa shape index (κ3) is 26.3. The van der Waals surface area contributed by atoms with Gasteiger partial charge in [-0.05, 0) is 304 Å². The number of hydrogen-bond acceptors (Lipinski definition) is 27. The number of sulfone groups is 4. The molecular formula is C89H109BBr4Cl7CuN11O14S11+. The van der Waals surface area contributed by atoms with Crippen molar-refractivity contribution in [2.75, 3.05) is 44.8 Å². The van der Waals surface area contributed by atoms with Crippen molar-refractivity contribution in [1.82, 2.24) is 9.71 Å². The number of methoxy groups -OCH3 is 2. The fourth-order valence-corrected chi connectivity index (χ4v) is 35.3. The van der Waals surface area contributed by atoms with Gasteiger partial charge < -0.3 is 41.0 Å². The minimum atomic E-state index is -3.57. The molecule has 5 saturated carbocycles. The molecule has 0 bridgehead atoms. The molecule has 17 rings (SSSR count). The van der Waals surface area contributed by atoms with Gasteiger partial charge in [0.1, 0.15) is 66.6 Å². The first-order valence-corrected chi connectivity index (χ1v) is 62.2. The molecule has 6 aliphatic carbocycles. The molecule has 2 spiro atoms. The molecule has 760 valence electrons. The minimum absolute atomic E-state index is 0. The summed E-state index contributed by atoms with van der Waals surface area (Å²) >= 11 is 55.7. The summed E-state index contributed by atoms with van der Waals surface area (Å²) in [5.74, 6) is 1.75. The summed E-state index contributed by atoms with van der Waals surface area (Å²) in [7, 11) is -6.46. The zero-order valence-corrected chi connectivity index (χ0v) is 100. The van der Waals surface area contributed by atoms with Gasteiger partial charge >= 0.3 is 32.3 Å². The number of amidine groups is 2. The van der Waals surface area contributed by atoms with Crippen LogP contribution in [0, 0.1) is 39.4 Å². The summed E-state index contributed by atoms with van der Waals surface area (Å²) in [6.07, 6.45) is 11.7. The van der Waals surface area contributed by atoms with Crippen LogP contribution in [-0.4, -0.2) is 160 Å². The van der Waals surface area contributed by atoms with Crippen LogP contribution in [0.4, 0.5) is 5.00 Å². The number of thiophene rings is 5. The van der Waals surface area contributed by atoms with Crippen LogP contribution >= 0.6 is 201 Å². The van der Waals surface area contributed by atoms with E-state index in [1.165, 1.54) is 61.9 Å². The third-order valence-corrected chi connectivity index (χ3v) is 49.6. The van der Waals surface area contributed by atoms with Gasteiger partial charge in [0, 0.05) is 31.7 Å². The number of para-hydroxylation sites is 1. The number of aromatic amines is 1. The van der Waals surface area contributed by atoms with Crippen molar-refractivity contribution in [1.29, 1.82) is 15.8 Å². The van der Waals surface area contributed by atoms with E-state index in [2.05, 4.69) is 155 Å². The van der Waals surface area contributed by atoms with E-state index in [9.17, 15) is 47.4 Å². The molecule has 6 fully saturated rings. The second-order valence-corrected chi connectivity index (χ2v) is 64.9. The molecule has 138 heavy (non-hydrogen) atoms. The number of benzene rings is 2. The number of nitrogens with one attached hydrogen (secondary N) is 2. The first-order chi connectivity index (χ1) is 63.1. The van der Waals surface area contributed by atoms with E-state index in [0.717, 1.165) is 101 Å². The van der Waals surface area contributed by atoms with Crippen molar-refractivity contribution >= 4 is 308 Å². The second-order valence-electron chi connectivity index (χ2n) is 38.8. The molecular weight excluding hydrogens is 2440 g/mol. The molecule has 0 radical (unpaired) electrons. The Morgan fingerprint density at radius 3 is 1.49 bits per heavy atom. The van der Waals surface area contributed by atoms with Crippen LogP contribution < -0.4 is 31.4 Å². The van der Waals surface area contributed by atoms with Crippen LogP contribution in [0.3, 0.4) is 0 Å². The number of hydrogen-bond donors (Lipinski definition) is 5. The number of halogens is 11. The molecule has 49 heteroatoms. The maximum absolute atomic E-state index is 12.9. The van der Waals surface area contributed by atoms with Crippen molar-refractivity contribution in [2.24, 2.45) is 32.6 Å². The van der Waals surface area contributed by atoms with E-state index in [1.54, 1.807) is 70.1 Å². The first-order valence-electron chi connectivity index (χ1n) is 42.5. The second kappa shape index (κ2) is 44.3. The number of nitrogens with zero attached hydrogens (tertiary/aromatic N) is 6. The number of nitrogens with two attached hydrogens (primary N) is 3. The molecule has 1 saturated heterocycles. The Hall–Kier alpha value is -2.63. The molecule has 6 aromatic heterocycles. The van der Waals surface area contributed by atoms with E-state index >= 15 is 0 Å². The fourth-order valence-electron chi connectivity index (χ4n) is 15.3. The average molecular weight is 2550 g/mol. The number of H-pyrrole nitrogens is 1. The summed E-state index contributed by atoms with van der Waals surface area (Å²) in [5.41, 5.74) is 21.0. The molecule has 9 aliphatic rings. The molecule has 2 aromatic carbocycles. The summed E-state index contributed by atoms with van der Waals surface area (Å²) in [6.45, 7) is 27.2. The first kappa shape index (κ1) is 119. The number of ether oxygens (including phenoxy) is 2. The fraction of sp³-hybridized carbons (Fsp3) is 0.528. The number of aliphatic imine (C=N–C) groups is 2. The van der Waals surface area contributed by atoms with Crippen LogP contribution in [0.5, 0.6) is 11.5 Å². The Morgan fingerprint density at radius 1 is 0.638 bits per heavy atom. The summed E-state index contributed by atoms with van der Waals surface area (Å²) < 4.78 is 149. The average Bonchev–Trinajstić information content (AvgIpc) is 1.54. The Labute approximate surface area is 912 Å². The quantitative estimate of drug-likeness (QED) is 0.0217. The zero-order valence-electron chi connectivity index (χ0n) is 78.6. The van der Waals surface area contributed by atoms with Crippen LogP contribution in [0.15, 0.2) is 103 Å². The van der Waals surface area contributed by atoms with Crippen molar-refractivity contribution < 1.29 is 80.5 Å². The molecule has 8 N–H and O–H groups in total. The molecule has 25 nitrogen and oxygen atoms in total. The Morgan fingerprint density at radius 2 is 1.09 bits per heavy atom. The predicted octanol–water partition coefficient (Wildman–Crippen LogP) is 23.6. The van der Waals surface area contributed by atoms with Gasteiger partial charge in [0.15, 0.2) is 48.8 Å². The Bertz CT molecular complexity index is 6760. The summed E-state index contributed by atoms with van der Waals surface area (Å²) in [5, 5.41) is 31.4. The Balaban J connectivity index is 0.000000183. The van der Waals surface area contributed by atoms with Crippen LogP contribution in [0.1, 0.15) is 205 Å². The van der Waals surface area contributed by atoms with Crippen molar-refractivity contribution in [3.05, 3.63) is 149 Å². The third-order valence-electron chi connectivity index (χ3n) is 25.1. The number of allylic oxidation sites excluding steroid dienone is 1. The monoisotopic (exact) mass is 2540 g/mol. The molecule has 0 amide bonds. The van der Waals surface area contributed by atoms with Crippen molar-refractivity contribution in [2.45, 2.75) is 242 Å². The molecule has 9 heterocycles. The normalized spacial score (nSPS) is 22.3. The number of aromatic nitrogens is 1. The molecule has 3 aliphatic heterocycles. The van der Waals surface area contributed by atoms with Gasteiger partial charge in [0.05, 0.1) is 154 Å². The van der Waals surface area contributed by atoms with E-state index in [1.807, 2.05) is 121 Å². The van der Waals surface area contributed by atoms with E-state index < -0.39 is 102 Å². The zero-order chi connectivity index (χ0) is 103.